The summed E-state index contributed by atoms with van der Waals surface area (Å²) in [4.78, 5) is 4.53. The molecule has 68 valence electrons. The van der Waals surface area contributed by atoms with Gasteiger partial charge in [-0.15, -0.1) is 11.8 Å². The second-order valence-corrected chi connectivity index (χ2v) is 4.01. The monoisotopic (exact) mass is 192 g/mol. The standard InChI is InChI=1S/C10H12N2S/c11-6-9-7-13-10(12-9)8-4-2-1-3-5-8/h1-5,9H,6-7,11H2. The third-order valence-electron chi connectivity index (χ3n) is 2.01. The highest BCUT2D eigenvalue weighted by atomic mass is 32.2. The average molecular weight is 192 g/mol. The van der Waals surface area contributed by atoms with Crippen LogP contribution in [0.3, 0.4) is 0 Å². The van der Waals surface area contributed by atoms with Crippen molar-refractivity contribution in [3.63, 3.8) is 0 Å². The molecule has 0 saturated heterocycles. The normalized spacial score (nSPS) is 21.6. The zero-order chi connectivity index (χ0) is 9.10. The Morgan fingerprint density at radius 1 is 1.38 bits per heavy atom. The maximum Gasteiger partial charge on any atom is 0.0981 e. The second kappa shape index (κ2) is 3.94. The molecule has 1 heterocycles. The fourth-order valence-electron chi connectivity index (χ4n) is 1.27. The van der Waals surface area contributed by atoms with E-state index in [1.54, 1.807) is 11.8 Å². The molecule has 13 heavy (non-hydrogen) atoms. The number of thioether (sulfide) groups is 1. The summed E-state index contributed by atoms with van der Waals surface area (Å²) in [7, 11) is 0. The fourth-order valence-corrected chi connectivity index (χ4v) is 2.36. The van der Waals surface area contributed by atoms with E-state index in [2.05, 4.69) is 17.1 Å². The van der Waals surface area contributed by atoms with E-state index in [1.165, 1.54) is 5.56 Å². The molecule has 2 rings (SSSR count). The van der Waals surface area contributed by atoms with Gasteiger partial charge in [-0.1, -0.05) is 30.3 Å². The van der Waals surface area contributed by atoms with Crippen molar-refractivity contribution >= 4 is 16.8 Å². The predicted molar refractivity (Wildman–Crippen MR) is 58.3 cm³/mol. The van der Waals surface area contributed by atoms with Crippen molar-refractivity contribution in [1.29, 1.82) is 0 Å². The van der Waals surface area contributed by atoms with Crippen molar-refractivity contribution in [1.82, 2.24) is 0 Å². The topological polar surface area (TPSA) is 38.4 Å². The molecule has 0 amide bonds. The van der Waals surface area contributed by atoms with Gasteiger partial charge in [-0.2, -0.15) is 0 Å². The van der Waals surface area contributed by atoms with Crippen molar-refractivity contribution in [3.05, 3.63) is 35.9 Å². The van der Waals surface area contributed by atoms with Gasteiger partial charge in [0.15, 0.2) is 0 Å². The summed E-state index contributed by atoms with van der Waals surface area (Å²) in [5, 5.41) is 1.14. The lowest BCUT2D eigenvalue weighted by molar-refractivity contribution is 0.777. The average Bonchev–Trinajstić information content (AvgIpc) is 2.67. The Hall–Kier alpha value is -0.800. The zero-order valence-corrected chi connectivity index (χ0v) is 8.13. The molecule has 0 bridgehead atoms. The van der Waals surface area contributed by atoms with Gasteiger partial charge < -0.3 is 5.73 Å². The molecule has 2 nitrogen and oxygen atoms in total. The van der Waals surface area contributed by atoms with Gasteiger partial charge in [0, 0.05) is 17.9 Å². The first-order valence-corrected chi connectivity index (χ1v) is 5.35. The first-order chi connectivity index (χ1) is 6.40. The number of benzene rings is 1. The smallest absolute Gasteiger partial charge is 0.0981 e. The Balaban J connectivity index is 2.19. The van der Waals surface area contributed by atoms with Gasteiger partial charge in [0.05, 0.1) is 11.1 Å². The maximum absolute atomic E-state index is 5.55. The van der Waals surface area contributed by atoms with Crippen LogP contribution in [-0.2, 0) is 0 Å². The molecule has 1 aliphatic heterocycles. The molecular formula is C10H12N2S. The van der Waals surface area contributed by atoms with Crippen LogP contribution in [0.4, 0.5) is 0 Å². The quantitative estimate of drug-likeness (QED) is 0.771. The summed E-state index contributed by atoms with van der Waals surface area (Å²) >= 11 is 1.80. The number of hydrogen-bond donors (Lipinski definition) is 1. The maximum atomic E-state index is 5.55. The van der Waals surface area contributed by atoms with Crippen LogP contribution >= 0.6 is 11.8 Å². The largest absolute Gasteiger partial charge is 0.328 e. The summed E-state index contributed by atoms with van der Waals surface area (Å²) < 4.78 is 0. The summed E-state index contributed by atoms with van der Waals surface area (Å²) in [5.74, 6) is 1.03. The van der Waals surface area contributed by atoms with Crippen LogP contribution in [0.25, 0.3) is 0 Å². The summed E-state index contributed by atoms with van der Waals surface area (Å²) in [6.07, 6.45) is 0. The third kappa shape index (κ3) is 1.92. The van der Waals surface area contributed by atoms with E-state index in [4.69, 9.17) is 5.73 Å². The van der Waals surface area contributed by atoms with Crippen LogP contribution in [-0.4, -0.2) is 23.4 Å². The molecule has 1 unspecified atom stereocenters. The Kier molecular flexibility index (Phi) is 2.66. The molecule has 0 aromatic heterocycles. The minimum absolute atomic E-state index is 0.320. The van der Waals surface area contributed by atoms with Crippen molar-refractivity contribution in [2.45, 2.75) is 6.04 Å². The number of aliphatic imine (C=N–C) groups is 1. The van der Waals surface area contributed by atoms with Crippen LogP contribution < -0.4 is 5.73 Å². The Morgan fingerprint density at radius 3 is 2.77 bits per heavy atom. The highest BCUT2D eigenvalue weighted by molar-refractivity contribution is 8.14. The Labute approximate surface area is 82.2 Å². The number of nitrogens with two attached hydrogens (primary N) is 1. The number of rotatable bonds is 2. The van der Waals surface area contributed by atoms with Crippen LogP contribution in [0, 0.1) is 0 Å². The molecule has 0 saturated carbocycles. The van der Waals surface area contributed by atoms with Gasteiger partial charge in [-0.25, -0.2) is 0 Å². The molecule has 2 N–H and O–H groups in total. The van der Waals surface area contributed by atoms with Crippen molar-refractivity contribution in [2.24, 2.45) is 10.7 Å². The zero-order valence-electron chi connectivity index (χ0n) is 7.31. The van der Waals surface area contributed by atoms with Gasteiger partial charge in [0.1, 0.15) is 0 Å². The van der Waals surface area contributed by atoms with E-state index < -0.39 is 0 Å². The van der Waals surface area contributed by atoms with E-state index in [0.29, 0.717) is 12.6 Å². The predicted octanol–water partition coefficient (Wildman–Crippen LogP) is 1.51. The van der Waals surface area contributed by atoms with Gasteiger partial charge in [-0.05, 0) is 0 Å². The molecule has 0 spiro atoms. The summed E-state index contributed by atoms with van der Waals surface area (Å²) in [5.41, 5.74) is 6.77. The minimum atomic E-state index is 0.320. The van der Waals surface area contributed by atoms with E-state index in [-0.39, 0.29) is 0 Å². The minimum Gasteiger partial charge on any atom is -0.328 e. The first-order valence-electron chi connectivity index (χ1n) is 4.36. The van der Waals surface area contributed by atoms with Crippen LogP contribution in [0.2, 0.25) is 0 Å². The molecule has 0 fully saturated rings. The number of nitrogens with zero attached hydrogens (tertiary/aromatic N) is 1. The van der Waals surface area contributed by atoms with Crippen molar-refractivity contribution in [3.8, 4) is 0 Å². The molecule has 1 atom stereocenters. The molecule has 1 aromatic carbocycles. The summed E-state index contributed by atoms with van der Waals surface area (Å²) in [6, 6.07) is 10.6. The van der Waals surface area contributed by atoms with Gasteiger partial charge in [0.2, 0.25) is 0 Å². The lowest BCUT2D eigenvalue weighted by Crippen LogP contribution is -2.17. The highest BCUT2D eigenvalue weighted by Crippen LogP contribution is 2.22. The lowest BCUT2D eigenvalue weighted by atomic mass is 10.2. The van der Waals surface area contributed by atoms with Gasteiger partial charge in [0.25, 0.3) is 0 Å². The van der Waals surface area contributed by atoms with Crippen molar-refractivity contribution in [2.75, 3.05) is 12.3 Å². The van der Waals surface area contributed by atoms with Crippen LogP contribution in [0.1, 0.15) is 5.56 Å². The second-order valence-electron chi connectivity index (χ2n) is 3.00. The van der Waals surface area contributed by atoms with E-state index >= 15 is 0 Å². The Bertz CT molecular complexity index is 308. The van der Waals surface area contributed by atoms with Crippen LogP contribution in [0.5, 0.6) is 0 Å². The van der Waals surface area contributed by atoms with Gasteiger partial charge in [-0.3, -0.25) is 4.99 Å². The third-order valence-corrected chi connectivity index (χ3v) is 3.17. The SMILES string of the molecule is NCC1CSC(c2ccccc2)=N1. The molecule has 1 aromatic rings. The van der Waals surface area contributed by atoms with E-state index in [9.17, 15) is 0 Å². The van der Waals surface area contributed by atoms with Gasteiger partial charge >= 0.3 is 0 Å². The van der Waals surface area contributed by atoms with E-state index in [1.807, 2.05) is 18.2 Å². The number of hydrogen-bond acceptors (Lipinski definition) is 3. The van der Waals surface area contributed by atoms with Crippen LogP contribution in [0.15, 0.2) is 35.3 Å². The first kappa shape index (κ1) is 8.78. The molecule has 3 heteroatoms. The molecule has 0 aliphatic carbocycles. The summed E-state index contributed by atoms with van der Waals surface area (Å²) in [6.45, 7) is 0.656. The van der Waals surface area contributed by atoms with E-state index in [0.717, 1.165) is 10.8 Å². The molecular weight excluding hydrogens is 180 g/mol. The molecule has 1 aliphatic rings. The Morgan fingerprint density at radius 2 is 2.15 bits per heavy atom. The molecule has 0 radical (unpaired) electrons. The lowest BCUT2D eigenvalue weighted by Gasteiger charge is -1.97. The van der Waals surface area contributed by atoms with Crippen molar-refractivity contribution < 1.29 is 0 Å². The fraction of sp³-hybridized carbons (Fsp3) is 0.300. The highest BCUT2D eigenvalue weighted by Gasteiger charge is 2.17.